The fourth-order valence-corrected chi connectivity index (χ4v) is 3.16. The highest BCUT2D eigenvalue weighted by Gasteiger charge is 2.10. The first-order chi connectivity index (χ1) is 13.6. The van der Waals surface area contributed by atoms with Gasteiger partial charge in [0.2, 0.25) is 0 Å². The van der Waals surface area contributed by atoms with Gasteiger partial charge in [-0.05, 0) is 59.1 Å². The Morgan fingerprint density at radius 2 is 1.71 bits per heavy atom. The summed E-state index contributed by atoms with van der Waals surface area (Å²) in [6, 6.07) is 12.9. The molecule has 28 heavy (non-hydrogen) atoms. The zero-order valence-electron chi connectivity index (χ0n) is 16.8. The van der Waals surface area contributed by atoms with Crippen LogP contribution in [0.15, 0.2) is 46.9 Å². The molecule has 2 aromatic carbocycles. The van der Waals surface area contributed by atoms with E-state index >= 15 is 0 Å². The van der Waals surface area contributed by atoms with E-state index in [9.17, 15) is 4.79 Å². The molecule has 2 rings (SSSR count). The monoisotopic (exact) mass is 447 g/mol. The zero-order valence-corrected chi connectivity index (χ0v) is 18.4. The quantitative estimate of drug-likeness (QED) is 0.362. The van der Waals surface area contributed by atoms with Gasteiger partial charge in [0.1, 0.15) is 11.5 Å². The van der Waals surface area contributed by atoms with Crippen molar-refractivity contribution in [3.8, 4) is 11.5 Å². The van der Waals surface area contributed by atoms with Crippen LogP contribution in [0.1, 0.15) is 62.7 Å². The first kappa shape index (κ1) is 22.3. The summed E-state index contributed by atoms with van der Waals surface area (Å²) in [4.78, 5) is 12.6. The number of anilines is 1. The van der Waals surface area contributed by atoms with Gasteiger partial charge in [0.15, 0.2) is 0 Å². The van der Waals surface area contributed by atoms with Crippen LogP contribution >= 0.6 is 15.9 Å². The summed E-state index contributed by atoms with van der Waals surface area (Å²) in [6.07, 6.45) is 6.76. The van der Waals surface area contributed by atoms with Crippen LogP contribution in [0.5, 0.6) is 11.5 Å². The second-order valence-corrected chi connectivity index (χ2v) is 7.59. The molecule has 1 amide bonds. The molecule has 0 aromatic heterocycles. The summed E-state index contributed by atoms with van der Waals surface area (Å²) < 4.78 is 12.3. The van der Waals surface area contributed by atoms with Crippen molar-refractivity contribution in [3.05, 3.63) is 52.5 Å². The Kier molecular flexibility index (Phi) is 9.91. The van der Waals surface area contributed by atoms with Crippen molar-refractivity contribution < 1.29 is 14.3 Å². The highest BCUT2D eigenvalue weighted by Crippen LogP contribution is 2.27. The van der Waals surface area contributed by atoms with Gasteiger partial charge in [0, 0.05) is 17.3 Å². The van der Waals surface area contributed by atoms with Crippen molar-refractivity contribution in [2.75, 3.05) is 18.5 Å². The molecule has 0 heterocycles. The van der Waals surface area contributed by atoms with Crippen LogP contribution in [0.25, 0.3) is 0 Å². The number of amides is 1. The molecule has 0 atom stereocenters. The lowest BCUT2D eigenvalue weighted by Gasteiger charge is -2.11. The van der Waals surface area contributed by atoms with Crippen molar-refractivity contribution in [1.82, 2.24) is 0 Å². The van der Waals surface area contributed by atoms with Crippen LogP contribution in [0.2, 0.25) is 0 Å². The maximum Gasteiger partial charge on any atom is 0.255 e. The summed E-state index contributed by atoms with van der Waals surface area (Å²) in [5.74, 6) is 1.36. The molecule has 0 saturated heterocycles. The fourth-order valence-electron chi connectivity index (χ4n) is 2.67. The number of hydrogen-bond donors (Lipinski definition) is 1. The number of hydrogen-bond acceptors (Lipinski definition) is 3. The SMILES string of the molecule is CCCCCCOc1cccc(NC(=O)c2ccc(OCCCC)c(Br)c2)c1. The Balaban J connectivity index is 1.91. The van der Waals surface area contributed by atoms with Gasteiger partial charge in [-0.1, -0.05) is 45.6 Å². The Labute approximate surface area is 176 Å². The van der Waals surface area contributed by atoms with Crippen LogP contribution in [-0.4, -0.2) is 19.1 Å². The predicted octanol–water partition coefficient (Wildman–Crippen LogP) is 6.84. The average Bonchev–Trinajstić information content (AvgIpc) is 2.69. The molecule has 0 aliphatic carbocycles. The minimum absolute atomic E-state index is 0.166. The molecule has 0 bridgehead atoms. The van der Waals surface area contributed by atoms with E-state index in [0.29, 0.717) is 18.8 Å². The van der Waals surface area contributed by atoms with Crippen molar-refractivity contribution in [2.24, 2.45) is 0 Å². The topological polar surface area (TPSA) is 47.6 Å². The minimum Gasteiger partial charge on any atom is -0.494 e. The normalized spacial score (nSPS) is 10.5. The van der Waals surface area contributed by atoms with E-state index in [2.05, 4.69) is 35.1 Å². The van der Waals surface area contributed by atoms with E-state index in [-0.39, 0.29) is 5.91 Å². The number of carbonyl (C=O) groups is 1. The number of nitrogens with one attached hydrogen (secondary N) is 1. The molecule has 0 aliphatic heterocycles. The van der Waals surface area contributed by atoms with Crippen LogP contribution in [0.3, 0.4) is 0 Å². The first-order valence-corrected chi connectivity index (χ1v) is 10.9. The Bertz CT molecular complexity index is 748. The third-order valence-electron chi connectivity index (χ3n) is 4.31. The van der Waals surface area contributed by atoms with Gasteiger partial charge in [-0.15, -0.1) is 0 Å². The summed E-state index contributed by atoms with van der Waals surface area (Å²) in [7, 11) is 0. The van der Waals surface area contributed by atoms with E-state index in [4.69, 9.17) is 9.47 Å². The lowest BCUT2D eigenvalue weighted by Crippen LogP contribution is -2.12. The molecule has 4 nitrogen and oxygen atoms in total. The molecule has 0 fully saturated rings. The summed E-state index contributed by atoms with van der Waals surface area (Å²) in [6.45, 7) is 5.69. The van der Waals surface area contributed by atoms with Gasteiger partial charge in [-0.3, -0.25) is 4.79 Å². The number of halogens is 1. The highest BCUT2D eigenvalue weighted by molar-refractivity contribution is 9.10. The zero-order chi connectivity index (χ0) is 20.2. The van der Waals surface area contributed by atoms with Gasteiger partial charge < -0.3 is 14.8 Å². The van der Waals surface area contributed by atoms with Crippen LogP contribution in [0, 0.1) is 0 Å². The standard InChI is InChI=1S/C23H30BrNO3/c1-3-5-7-8-15-27-20-11-9-10-19(17-20)25-23(26)18-12-13-22(21(24)16-18)28-14-6-4-2/h9-13,16-17H,3-8,14-15H2,1-2H3,(H,25,26). The molecule has 2 aromatic rings. The fraction of sp³-hybridized carbons (Fsp3) is 0.435. The molecule has 0 aliphatic rings. The van der Waals surface area contributed by atoms with E-state index in [1.807, 2.05) is 30.3 Å². The van der Waals surface area contributed by atoms with Crippen molar-refractivity contribution >= 4 is 27.5 Å². The lowest BCUT2D eigenvalue weighted by molar-refractivity contribution is 0.102. The molecule has 0 unspecified atom stereocenters. The summed E-state index contributed by atoms with van der Waals surface area (Å²) in [5.41, 5.74) is 1.29. The molecule has 5 heteroatoms. The molecule has 0 spiro atoms. The molecule has 152 valence electrons. The van der Waals surface area contributed by atoms with Crippen molar-refractivity contribution in [2.45, 2.75) is 52.4 Å². The third kappa shape index (κ3) is 7.55. The Hall–Kier alpha value is -2.01. The van der Waals surface area contributed by atoms with Gasteiger partial charge in [-0.25, -0.2) is 0 Å². The largest absolute Gasteiger partial charge is 0.494 e. The predicted molar refractivity (Wildman–Crippen MR) is 119 cm³/mol. The number of carbonyl (C=O) groups excluding carboxylic acids is 1. The van der Waals surface area contributed by atoms with Gasteiger partial charge in [0.25, 0.3) is 5.91 Å². The Morgan fingerprint density at radius 1 is 0.929 bits per heavy atom. The van der Waals surface area contributed by atoms with E-state index in [1.54, 1.807) is 12.1 Å². The van der Waals surface area contributed by atoms with Crippen molar-refractivity contribution in [3.63, 3.8) is 0 Å². The third-order valence-corrected chi connectivity index (χ3v) is 4.93. The molecular formula is C23H30BrNO3. The minimum atomic E-state index is -0.166. The number of rotatable bonds is 12. The Morgan fingerprint density at radius 3 is 2.46 bits per heavy atom. The second kappa shape index (κ2) is 12.4. The van der Waals surface area contributed by atoms with E-state index in [0.717, 1.165) is 40.9 Å². The summed E-state index contributed by atoms with van der Waals surface area (Å²) in [5, 5.41) is 2.93. The maximum atomic E-state index is 12.6. The molecule has 0 radical (unpaired) electrons. The number of ether oxygens (including phenoxy) is 2. The van der Waals surface area contributed by atoms with Gasteiger partial charge in [-0.2, -0.15) is 0 Å². The molecule has 1 N–H and O–H groups in total. The van der Waals surface area contributed by atoms with Crippen LogP contribution in [-0.2, 0) is 0 Å². The van der Waals surface area contributed by atoms with Gasteiger partial charge >= 0.3 is 0 Å². The second-order valence-electron chi connectivity index (χ2n) is 6.74. The average molecular weight is 448 g/mol. The smallest absolute Gasteiger partial charge is 0.255 e. The van der Waals surface area contributed by atoms with Crippen LogP contribution in [0.4, 0.5) is 5.69 Å². The molecular weight excluding hydrogens is 418 g/mol. The summed E-state index contributed by atoms with van der Waals surface area (Å²) >= 11 is 3.49. The molecule has 0 saturated carbocycles. The lowest BCUT2D eigenvalue weighted by atomic mass is 10.2. The maximum absolute atomic E-state index is 12.6. The first-order valence-electron chi connectivity index (χ1n) is 10.1. The van der Waals surface area contributed by atoms with E-state index < -0.39 is 0 Å². The number of benzene rings is 2. The van der Waals surface area contributed by atoms with Gasteiger partial charge in [0.05, 0.1) is 17.7 Å². The number of unbranched alkanes of at least 4 members (excludes halogenated alkanes) is 4. The van der Waals surface area contributed by atoms with Crippen molar-refractivity contribution in [1.29, 1.82) is 0 Å². The van der Waals surface area contributed by atoms with Crippen LogP contribution < -0.4 is 14.8 Å². The highest BCUT2D eigenvalue weighted by atomic mass is 79.9. The van der Waals surface area contributed by atoms with E-state index in [1.165, 1.54) is 19.3 Å².